The van der Waals surface area contributed by atoms with Crippen LogP contribution in [0.25, 0.3) is 11.5 Å². The minimum atomic E-state index is -0.419. The number of aromatic nitrogens is 2. The van der Waals surface area contributed by atoms with Crippen LogP contribution in [0.2, 0.25) is 10.0 Å². The molecule has 2 heterocycles. The molecule has 0 N–H and O–H groups in total. The van der Waals surface area contributed by atoms with Gasteiger partial charge in [0.1, 0.15) is 17.3 Å². The summed E-state index contributed by atoms with van der Waals surface area (Å²) < 4.78 is 6.93. The quantitative estimate of drug-likeness (QED) is 0.256. The van der Waals surface area contributed by atoms with Gasteiger partial charge in [-0.2, -0.15) is 5.26 Å². The Morgan fingerprint density at radius 2 is 1.65 bits per heavy atom. The zero-order valence-corrected chi connectivity index (χ0v) is 18.4. The van der Waals surface area contributed by atoms with Gasteiger partial charge < -0.3 is 4.42 Å². The summed E-state index contributed by atoms with van der Waals surface area (Å²) >= 11 is 13.4. The van der Waals surface area contributed by atoms with Crippen LogP contribution in [0.15, 0.2) is 81.3 Å². The largest absolute Gasteiger partial charge is 0.463 e. The van der Waals surface area contributed by atoms with Crippen LogP contribution >= 0.6 is 35.0 Å². The predicted molar refractivity (Wildman–Crippen MR) is 122 cm³/mol. The van der Waals surface area contributed by atoms with E-state index in [1.54, 1.807) is 24.3 Å². The Bertz CT molecular complexity index is 1290. The molecule has 2 aromatic heterocycles. The van der Waals surface area contributed by atoms with Gasteiger partial charge >= 0.3 is 0 Å². The normalized spacial score (nSPS) is 10.7. The standard InChI is InChI=1S/C23H15Cl2N3O2S/c24-17-7-3-15(4-8-17)13-28-22(29)19(12-26)21(20-2-1-11-30-20)27-23(28)31-14-16-5-9-18(25)10-6-16/h1-11H,13-14H2. The van der Waals surface area contributed by atoms with Gasteiger partial charge in [-0.15, -0.1) is 0 Å². The van der Waals surface area contributed by atoms with Crippen LogP contribution in [0.5, 0.6) is 0 Å². The highest BCUT2D eigenvalue weighted by Crippen LogP contribution is 2.27. The summed E-state index contributed by atoms with van der Waals surface area (Å²) in [6.07, 6.45) is 1.48. The predicted octanol–water partition coefficient (Wildman–Crippen LogP) is 6.02. The lowest BCUT2D eigenvalue weighted by molar-refractivity contribution is 0.573. The first-order valence-corrected chi connectivity index (χ1v) is 11.0. The second-order valence-corrected chi connectivity index (χ2v) is 8.46. The molecule has 4 aromatic rings. The average molecular weight is 468 g/mol. The molecule has 0 aliphatic rings. The van der Waals surface area contributed by atoms with Crippen molar-refractivity contribution in [3.8, 4) is 17.5 Å². The third-order valence-electron chi connectivity index (χ3n) is 4.54. The molecule has 0 saturated heterocycles. The number of rotatable bonds is 6. The third kappa shape index (κ3) is 4.86. The van der Waals surface area contributed by atoms with Gasteiger partial charge in [-0.1, -0.05) is 59.2 Å². The fourth-order valence-electron chi connectivity index (χ4n) is 2.98. The summed E-state index contributed by atoms with van der Waals surface area (Å²) in [5, 5.41) is 11.4. The van der Waals surface area contributed by atoms with Crippen molar-refractivity contribution in [1.82, 2.24) is 9.55 Å². The van der Waals surface area contributed by atoms with Crippen LogP contribution in [0.4, 0.5) is 0 Å². The highest BCUT2D eigenvalue weighted by Gasteiger charge is 2.20. The van der Waals surface area contributed by atoms with Crippen molar-refractivity contribution >= 4 is 35.0 Å². The van der Waals surface area contributed by atoms with Crippen molar-refractivity contribution in [2.45, 2.75) is 17.5 Å². The monoisotopic (exact) mass is 467 g/mol. The molecule has 0 aliphatic carbocycles. The van der Waals surface area contributed by atoms with Crippen molar-refractivity contribution < 1.29 is 4.42 Å². The Morgan fingerprint density at radius 3 is 2.23 bits per heavy atom. The van der Waals surface area contributed by atoms with Gasteiger partial charge in [0.05, 0.1) is 12.8 Å². The lowest BCUT2D eigenvalue weighted by Crippen LogP contribution is -2.27. The molecule has 2 aromatic carbocycles. The van der Waals surface area contributed by atoms with Gasteiger partial charge in [0.25, 0.3) is 5.56 Å². The van der Waals surface area contributed by atoms with E-state index in [9.17, 15) is 10.1 Å². The van der Waals surface area contributed by atoms with E-state index < -0.39 is 5.56 Å². The summed E-state index contributed by atoms with van der Waals surface area (Å²) in [5.41, 5.74) is 1.67. The number of benzene rings is 2. The molecule has 0 aliphatic heterocycles. The van der Waals surface area contributed by atoms with Gasteiger partial charge in [0.2, 0.25) is 0 Å². The first-order chi connectivity index (χ1) is 15.0. The number of nitriles is 1. The lowest BCUT2D eigenvalue weighted by atomic mass is 10.2. The first-order valence-electron chi connectivity index (χ1n) is 9.25. The Hall–Kier alpha value is -2.98. The van der Waals surface area contributed by atoms with Crippen LogP contribution < -0.4 is 5.56 Å². The Kier molecular flexibility index (Phi) is 6.47. The SMILES string of the molecule is N#Cc1c(-c2ccco2)nc(SCc2ccc(Cl)cc2)n(Cc2ccc(Cl)cc2)c1=O. The Morgan fingerprint density at radius 1 is 1.00 bits per heavy atom. The molecule has 154 valence electrons. The summed E-state index contributed by atoms with van der Waals surface area (Å²) in [7, 11) is 0. The molecule has 5 nitrogen and oxygen atoms in total. The molecule has 8 heteroatoms. The molecule has 0 atom stereocenters. The van der Waals surface area contributed by atoms with Crippen molar-refractivity contribution in [2.24, 2.45) is 0 Å². The molecule has 0 amide bonds. The molecular weight excluding hydrogens is 453 g/mol. The smallest absolute Gasteiger partial charge is 0.273 e. The van der Waals surface area contributed by atoms with Gasteiger partial charge in [-0.25, -0.2) is 4.98 Å². The molecule has 0 radical (unpaired) electrons. The molecule has 0 unspecified atom stereocenters. The van der Waals surface area contributed by atoms with E-state index in [1.165, 1.54) is 22.6 Å². The average Bonchev–Trinajstić information content (AvgIpc) is 3.31. The minimum absolute atomic E-state index is 0.0558. The van der Waals surface area contributed by atoms with E-state index in [0.29, 0.717) is 26.7 Å². The van der Waals surface area contributed by atoms with E-state index in [0.717, 1.165) is 11.1 Å². The van der Waals surface area contributed by atoms with Crippen LogP contribution in [-0.2, 0) is 12.3 Å². The number of nitrogens with zero attached hydrogens (tertiary/aromatic N) is 3. The lowest BCUT2D eigenvalue weighted by Gasteiger charge is -2.14. The van der Waals surface area contributed by atoms with Crippen molar-refractivity contribution in [2.75, 3.05) is 0 Å². The van der Waals surface area contributed by atoms with Crippen LogP contribution in [0, 0.1) is 11.3 Å². The van der Waals surface area contributed by atoms with E-state index in [2.05, 4.69) is 4.98 Å². The van der Waals surface area contributed by atoms with Crippen LogP contribution in [0.3, 0.4) is 0 Å². The topological polar surface area (TPSA) is 71.8 Å². The number of hydrogen-bond donors (Lipinski definition) is 0. The summed E-state index contributed by atoms with van der Waals surface area (Å²) in [4.78, 5) is 17.9. The second kappa shape index (κ2) is 9.44. The van der Waals surface area contributed by atoms with E-state index >= 15 is 0 Å². The maximum atomic E-state index is 13.3. The van der Waals surface area contributed by atoms with E-state index in [4.69, 9.17) is 27.6 Å². The van der Waals surface area contributed by atoms with Crippen molar-refractivity contribution in [3.05, 3.63) is 104 Å². The van der Waals surface area contributed by atoms with Gasteiger partial charge in [-0.05, 0) is 47.5 Å². The summed E-state index contributed by atoms with van der Waals surface area (Å²) in [6, 6.07) is 20.1. The number of hydrogen-bond acceptors (Lipinski definition) is 5. The zero-order valence-electron chi connectivity index (χ0n) is 16.1. The van der Waals surface area contributed by atoms with E-state index in [-0.39, 0.29) is 17.8 Å². The zero-order chi connectivity index (χ0) is 21.8. The second-order valence-electron chi connectivity index (χ2n) is 6.64. The van der Waals surface area contributed by atoms with Crippen LogP contribution in [-0.4, -0.2) is 9.55 Å². The molecule has 4 rings (SSSR count). The van der Waals surface area contributed by atoms with Crippen LogP contribution in [0.1, 0.15) is 16.7 Å². The van der Waals surface area contributed by atoms with Gasteiger partial charge in [0, 0.05) is 15.8 Å². The maximum Gasteiger partial charge on any atom is 0.273 e. The fraction of sp³-hybridized carbons (Fsp3) is 0.0870. The fourth-order valence-corrected chi connectivity index (χ4v) is 4.18. The minimum Gasteiger partial charge on any atom is -0.463 e. The summed E-state index contributed by atoms with van der Waals surface area (Å²) in [5.74, 6) is 0.953. The van der Waals surface area contributed by atoms with Crippen molar-refractivity contribution in [3.63, 3.8) is 0 Å². The summed E-state index contributed by atoms with van der Waals surface area (Å²) in [6.45, 7) is 0.263. The Balaban J connectivity index is 1.78. The number of thioether (sulfide) groups is 1. The van der Waals surface area contributed by atoms with E-state index in [1.807, 2.05) is 42.5 Å². The number of furan rings is 1. The molecule has 0 spiro atoms. The molecule has 0 bridgehead atoms. The third-order valence-corrected chi connectivity index (χ3v) is 6.09. The van der Waals surface area contributed by atoms with Gasteiger partial charge in [0.15, 0.2) is 10.9 Å². The molecule has 31 heavy (non-hydrogen) atoms. The molecule has 0 fully saturated rings. The number of halogens is 2. The highest BCUT2D eigenvalue weighted by molar-refractivity contribution is 7.98. The highest BCUT2D eigenvalue weighted by atomic mass is 35.5. The first kappa shape index (κ1) is 21.3. The maximum absolute atomic E-state index is 13.3. The molecule has 0 saturated carbocycles. The van der Waals surface area contributed by atoms with Crippen molar-refractivity contribution in [1.29, 1.82) is 5.26 Å². The van der Waals surface area contributed by atoms with Gasteiger partial charge in [-0.3, -0.25) is 9.36 Å². The Labute approximate surface area is 192 Å². The molecular formula is C23H15Cl2N3O2S.